The Balaban J connectivity index is 0.00000149. The maximum atomic E-state index is 12.0. The van der Waals surface area contributed by atoms with E-state index in [-0.39, 0.29) is 5.91 Å². The SMILES string of the molecule is C=C/C=c1\c(=C/C)c(C(CCC=O)C(=O)NC)nn1C.CCC. The van der Waals surface area contributed by atoms with Gasteiger partial charge in [0.1, 0.15) is 6.29 Å². The van der Waals surface area contributed by atoms with Crippen LogP contribution in [0.15, 0.2) is 12.7 Å². The minimum Gasteiger partial charge on any atom is -0.359 e. The van der Waals surface area contributed by atoms with Crippen LogP contribution in [0.2, 0.25) is 0 Å². The van der Waals surface area contributed by atoms with Gasteiger partial charge in [0.2, 0.25) is 5.91 Å². The van der Waals surface area contributed by atoms with E-state index in [0.29, 0.717) is 18.5 Å². The van der Waals surface area contributed by atoms with E-state index < -0.39 is 5.92 Å². The summed E-state index contributed by atoms with van der Waals surface area (Å²) < 4.78 is 1.73. The Bertz CT molecular complexity index is 629. The molecule has 0 fully saturated rings. The molecule has 5 heteroatoms. The van der Waals surface area contributed by atoms with E-state index in [1.807, 2.05) is 26.1 Å². The van der Waals surface area contributed by atoms with Crippen molar-refractivity contribution in [2.45, 2.75) is 46.0 Å². The number of hydrogen-bond acceptors (Lipinski definition) is 3. The normalized spacial score (nSPS) is 13.1. The highest BCUT2D eigenvalue weighted by atomic mass is 16.1. The highest BCUT2D eigenvalue weighted by Gasteiger charge is 2.23. The van der Waals surface area contributed by atoms with Crippen molar-refractivity contribution in [1.82, 2.24) is 15.1 Å². The summed E-state index contributed by atoms with van der Waals surface area (Å²) >= 11 is 0. The van der Waals surface area contributed by atoms with E-state index in [4.69, 9.17) is 0 Å². The second-order valence-electron chi connectivity index (χ2n) is 5.12. The summed E-state index contributed by atoms with van der Waals surface area (Å²) in [5.74, 6) is -0.548. The number of aldehydes is 1. The molecule has 0 radical (unpaired) electrons. The maximum absolute atomic E-state index is 12.0. The van der Waals surface area contributed by atoms with Crippen LogP contribution in [0.5, 0.6) is 0 Å². The summed E-state index contributed by atoms with van der Waals surface area (Å²) in [5.41, 5.74) is 0.698. The molecular weight excluding hydrogens is 290 g/mol. The number of amides is 1. The molecule has 0 spiro atoms. The lowest BCUT2D eigenvalue weighted by atomic mass is 9.97. The summed E-state index contributed by atoms with van der Waals surface area (Å²) in [6, 6.07) is 0. The fourth-order valence-corrected chi connectivity index (χ4v) is 2.24. The van der Waals surface area contributed by atoms with Gasteiger partial charge in [-0.25, -0.2) is 0 Å². The number of nitrogens with zero attached hydrogens (tertiary/aromatic N) is 2. The van der Waals surface area contributed by atoms with E-state index >= 15 is 0 Å². The largest absolute Gasteiger partial charge is 0.359 e. The monoisotopic (exact) mass is 319 g/mol. The average molecular weight is 319 g/mol. The third-order valence-electron chi connectivity index (χ3n) is 3.19. The zero-order valence-electron chi connectivity index (χ0n) is 14.9. The molecule has 0 saturated carbocycles. The van der Waals surface area contributed by atoms with E-state index in [9.17, 15) is 9.59 Å². The smallest absolute Gasteiger partial charge is 0.228 e. The number of carbonyl (C=O) groups is 2. The van der Waals surface area contributed by atoms with Crippen LogP contribution < -0.4 is 15.9 Å². The summed E-state index contributed by atoms with van der Waals surface area (Å²) in [4.78, 5) is 22.6. The van der Waals surface area contributed by atoms with Gasteiger partial charge in [-0.15, -0.1) is 0 Å². The first-order valence-corrected chi connectivity index (χ1v) is 7.99. The first-order valence-electron chi connectivity index (χ1n) is 7.99. The number of allylic oxidation sites excluding steroid dienone is 1. The molecule has 23 heavy (non-hydrogen) atoms. The van der Waals surface area contributed by atoms with Gasteiger partial charge in [-0.1, -0.05) is 39.0 Å². The third kappa shape index (κ3) is 5.85. The molecule has 128 valence electrons. The van der Waals surface area contributed by atoms with Gasteiger partial charge in [-0.05, 0) is 19.4 Å². The molecule has 0 saturated heterocycles. The zero-order chi connectivity index (χ0) is 17.8. The molecular formula is C18H29N3O2. The van der Waals surface area contributed by atoms with E-state index in [1.165, 1.54) is 6.42 Å². The second kappa shape index (κ2) is 11.4. The van der Waals surface area contributed by atoms with Crippen molar-refractivity contribution in [3.05, 3.63) is 28.9 Å². The van der Waals surface area contributed by atoms with Crippen LogP contribution in [-0.2, 0) is 16.6 Å². The van der Waals surface area contributed by atoms with Gasteiger partial charge < -0.3 is 10.1 Å². The zero-order valence-corrected chi connectivity index (χ0v) is 14.9. The van der Waals surface area contributed by atoms with Crippen molar-refractivity contribution < 1.29 is 9.59 Å². The number of hydrogen-bond donors (Lipinski definition) is 1. The highest BCUT2D eigenvalue weighted by molar-refractivity contribution is 5.83. The van der Waals surface area contributed by atoms with Gasteiger partial charge in [0.25, 0.3) is 0 Å². The summed E-state index contributed by atoms with van der Waals surface area (Å²) in [5, 5.41) is 8.90. The Morgan fingerprint density at radius 1 is 1.43 bits per heavy atom. The number of carbonyl (C=O) groups excluding carboxylic acids is 2. The highest BCUT2D eigenvalue weighted by Crippen LogP contribution is 2.15. The van der Waals surface area contributed by atoms with Crippen LogP contribution in [0, 0.1) is 0 Å². The van der Waals surface area contributed by atoms with Crippen LogP contribution in [0.25, 0.3) is 12.2 Å². The first-order chi connectivity index (χ1) is 11.0. The minimum atomic E-state index is -0.422. The Kier molecular flexibility index (Phi) is 10.3. The molecule has 0 bridgehead atoms. The van der Waals surface area contributed by atoms with Crippen molar-refractivity contribution in [2.24, 2.45) is 7.05 Å². The molecule has 1 unspecified atom stereocenters. The Labute approximate surface area is 138 Å². The van der Waals surface area contributed by atoms with E-state index in [2.05, 4.69) is 30.8 Å². The lowest BCUT2D eigenvalue weighted by Gasteiger charge is -2.11. The summed E-state index contributed by atoms with van der Waals surface area (Å²) in [7, 11) is 3.41. The van der Waals surface area contributed by atoms with Crippen molar-refractivity contribution in [3.8, 4) is 0 Å². The molecule has 0 aromatic carbocycles. The third-order valence-corrected chi connectivity index (χ3v) is 3.19. The maximum Gasteiger partial charge on any atom is 0.228 e. The lowest BCUT2D eigenvalue weighted by Crippen LogP contribution is -2.33. The van der Waals surface area contributed by atoms with Gasteiger partial charge in [0.05, 0.1) is 17.0 Å². The molecule has 0 aliphatic carbocycles. The molecule has 5 nitrogen and oxygen atoms in total. The molecule has 1 rings (SSSR count). The topological polar surface area (TPSA) is 64.0 Å². The van der Waals surface area contributed by atoms with Gasteiger partial charge in [-0.2, -0.15) is 5.10 Å². The predicted molar refractivity (Wildman–Crippen MR) is 95.3 cm³/mol. The van der Waals surface area contributed by atoms with Crippen molar-refractivity contribution in [3.63, 3.8) is 0 Å². The van der Waals surface area contributed by atoms with Crippen molar-refractivity contribution >= 4 is 24.3 Å². The molecule has 1 aromatic heterocycles. The van der Waals surface area contributed by atoms with Gasteiger partial charge in [0.15, 0.2) is 0 Å². The molecule has 1 heterocycles. The van der Waals surface area contributed by atoms with Gasteiger partial charge in [0, 0.05) is 25.7 Å². The number of likely N-dealkylation sites (N-methyl/N-ethyl adjacent to an activating group) is 1. The Hall–Kier alpha value is -2.17. The summed E-state index contributed by atoms with van der Waals surface area (Å²) in [6.07, 6.45) is 8.33. The average Bonchev–Trinajstić information content (AvgIpc) is 2.84. The number of rotatable bonds is 6. The van der Waals surface area contributed by atoms with Crippen LogP contribution in [-0.4, -0.2) is 29.0 Å². The number of aromatic nitrogens is 2. The van der Waals surface area contributed by atoms with E-state index in [1.54, 1.807) is 17.8 Å². The van der Waals surface area contributed by atoms with Crippen LogP contribution in [0.4, 0.5) is 0 Å². The quantitative estimate of drug-likeness (QED) is 0.807. The fourth-order valence-electron chi connectivity index (χ4n) is 2.24. The molecule has 0 aliphatic heterocycles. The Morgan fingerprint density at radius 3 is 2.48 bits per heavy atom. The van der Waals surface area contributed by atoms with Gasteiger partial charge in [-0.3, -0.25) is 9.48 Å². The predicted octanol–water partition coefficient (Wildman–Crippen LogP) is 1.41. The fraction of sp³-hybridized carbons (Fsp3) is 0.500. The minimum absolute atomic E-state index is 0.127. The molecule has 1 N–H and O–H groups in total. The molecule has 1 atom stereocenters. The van der Waals surface area contributed by atoms with Crippen molar-refractivity contribution in [1.29, 1.82) is 0 Å². The lowest BCUT2D eigenvalue weighted by molar-refractivity contribution is -0.122. The molecule has 1 amide bonds. The molecule has 0 aliphatic rings. The van der Waals surface area contributed by atoms with Crippen molar-refractivity contribution in [2.75, 3.05) is 7.05 Å². The van der Waals surface area contributed by atoms with Crippen LogP contribution in [0.3, 0.4) is 0 Å². The Morgan fingerprint density at radius 2 is 2.04 bits per heavy atom. The van der Waals surface area contributed by atoms with Gasteiger partial charge >= 0.3 is 0 Å². The first kappa shape index (κ1) is 20.8. The van der Waals surface area contributed by atoms with Crippen LogP contribution >= 0.6 is 0 Å². The van der Waals surface area contributed by atoms with E-state index in [0.717, 1.165) is 16.9 Å². The molecule has 1 aromatic rings. The second-order valence-corrected chi connectivity index (χ2v) is 5.12. The van der Waals surface area contributed by atoms with Crippen LogP contribution in [0.1, 0.15) is 51.6 Å². The number of aryl methyl sites for hydroxylation is 1. The standard InChI is InChI=1S/C15H21N3O2.C3H8/c1-5-8-13-11(6-2)14(17-18(13)4)12(9-7-10-19)15(20)16-3;1-3-2/h5-6,8,10,12H,1,7,9H2,2-4H3,(H,16,20);3H2,1-2H3/b11-6+,13-8+;. The number of nitrogens with one attached hydrogen (secondary N) is 1. The summed E-state index contributed by atoms with van der Waals surface area (Å²) in [6.45, 7) is 9.85.